The molecule has 1 aromatic rings. The molecule has 0 N–H and O–H groups in total. The van der Waals surface area contributed by atoms with Crippen LogP contribution in [0, 0.1) is 11.3 Å². The van der Waals surface area contributed by atoms with Gasteiger partial charge >= 0.3 is 0 Å². The first-order chi connectivity index (χ1) is 7.13. The Morgan fingerprint density at radius 1 is 1.47 bits per heavy atom. The zero-order chi connectivity index (χ0) is 10.9. The summed E-state index contributed by atoms with van der Waals surface area (Å²) in [5.74, 6) is 0. The van der Waals surface area contributed by atoms with E-state index in [0.717, 1.165) is 6.54 Å². The molecule has 4 heteroatoms. The second-order valence-corrected chi connectivity index (χ2v) is 9.25. The van der Waals surface area contributed by atoms with Gasteiger partial charge in [0.2, 0.25) is 0 Å². The van der Waals surface area contributed by atoms with Gasteiger partial charge in [0, 0.05) is 12.2 Å². The highest BCUT2D eigenvalue weighted by Crippen LogP contribution is 2.30. The molecule has 1 aliphatic heterocycles. The van der Waals surface area contributed by atoms with E-state index in [2.05, 4.69) is 22.6 Å². The van der Waals surface area contributed by atoms with E-state index < -0.39 is 8.24 Å². The molecule has 1 fully saturated rings. The minimum atomic E-state index is -1.23. The van der Waals surface area contributed by atoms with Crippen molar-refractivity contribution in [3.63, 3.8) is 0 Å². The topological polar surface area (TPSA) is 39.9 Å². The van der Waals surface area contributed by atoms with E-state index in [9.17, 15) is 0 Å². The average Bonchev–Trinajstić information content (AvgIpc) is 2.58. The fraction of sp³-hybridized carbons (Fsp3) is 0.455. The van der Waals surface area contributed by atoms with E-state index in [4.69, 9.17) is 5.26 Å². The van der Waals surface area contributed by atoms with Crippen molar-refractivity contribution in [1.29, 1.82) is 5.26 Å². The van der Waals surface area contributed by atoms with Gasteiger partial charge in [-0.3, -0.25) is 0 Å². The van der Waals surface area contributed by atoms with Crippen molar-refractivity contribution in [2.75, 3.05) is 11.1 Å². The van der Waals surface area contributed by atoms with E-state index in [-0.39, 0.29) is 0 Å². The number of pyridine rings is 1. The summed E-state index contributed by atoms with van der Waals surface area (Å²) in [5.41, 5.74) is 1.68. The summed E-state index contributed by atoms with van der Waals surface area (Å²) < 4.78 is 2.50. The Morgan fingerprint density at radius 2 is 2.27 bits per heavy atom. The third-order valence-corrected chi connectivity index (χ3v) is 6.60. The molecular weight excluding hydrogens is 202 g/mol. The van der Waals surface area contributed by atoms with Crippen LogP contribution in [0.2, 0.25) is 19.1 Å². The molecule has 3 nitrogen and oxygen atoms in total. The second kappa shape index (κ2) is 3.67. The number of nitrogens with zero attached hydrogens (tertiary/aromatic N) is 3. The van der Waals surface area contributed by atoms with Crippen LogP contribution in [0.15, 0.2) is 18.3 Å². The van der Waals surface area contributed by atoms with Crippen LogP contribution in [0.4, 0.5) is 5.69 Å². The van der Waals surface area contributed by atoms with Gasteiger partial charge in [0.1, 0.15) is 11.8 Å². The Balaban J connectivity index is 2.27. The van der Waals surface area contributed by atoms with E-state index in [0.29, 0.717) is 5.69 Å². The summed E-state index contributed by atoms with van der Waals surface area (Å²) in [7, 11) is -1.23. The van der Waals surface area contributed by atoms with Crippen LogP contribution in [0.1, 0.15) is 12.1 Å². The standard InChI is InChI=1S/C11H15N3Si/c1-15(2)7-3-6-14(15)11-5-4-10(8-12)13-9-11/h4-5,9H,3,6-7H2,1-2H3. The van der Waals surface area contributed by atoms with Gasteiger partial charge in [0.25, 0.3) is 0 Å². The van der Waals surface area contributed by atoms with Gasteiger partial charge < -0.3 is 4.57 Å². The van der Waals surface area contributed by atoms with Gasteiger partial charge in [-0.1, -0.05) is 13.1 Å². The molecule has 78 valence electrons. The zero-order valence-electron chi connectivity index (χ0n) is 9.20. The van der Waals surface area contributed by atoms with Crippen molar-refractivity contribution in [3.05, 3.63) is 24.0 Å². The molecular formula is C11H15N3Si. The van der Waals surface area contributed by atoms with Gasteiger partial charge in [-0.15, -0.1) is 0 Å². The predicted molar refractivity (Wildman–Crippen MR) is 63.2 cm³/mol. The third-order valence-electron chi connectivity index (χ3n) is 3.08. The molecule has 2 rings (SSSR count). The van der Waals surface area contributed by atoms with Crippen molar-refractivity contribution in [2.45, 2.75) is 25.6 Å². The number of rotatable bonds is 1. The number of aromatic nitrogens is 1. The zero-order valence-corrected chi connectivity index (χ0v) is 10.2. The van der Waals surface area contributed by atoms with Gasteiger partial charge in [-0.2, -0.15) is 5.26 Å². The summed E-state index contributed by atoms with van der Waals surface area (Å²) in [4.78, 5) is 4.13. The number of hydrogen-bond acceptors (Lipinski definition) is 3. The predicted octanol–water partition coefficient (Wildman–Crippen LogP) is 2.37. The fourth-order valence-electron chi connectivity index (χ4n) is 2.20. The van der Waals surface area contributed by atoms with Crippen LogP contribution in [0.3, 0.4) is 0 Å². The van der Waals surface area contributed by atoms with Gasteiger partial charge in [0.15, 0.2) is 8.24 Å². The fourth-order valence-corrected chi connectivity index (χ4v) is 5.09. The SMILES string of the molecule is C[Si]1(C)CCCN1c1ccc(C#N)nc1. The summed E-state index contributed by atoms with van der Waals surface area (Å²) in [6, 6.07) is 7.22. The summed E-state index contributed by atoms with van der Waals surface area (Å²) in [5, 5.41) is 8.68. The van der Waals surface area contributed by atoms with Crippen LogP contribution in [0.5, 0.6) is 0 Å². The first kappa shape index (κ1) is 10.2. The summed E-state index contributed by atoms with van der Waals surface area (Å²) in [6.45, 7) is 5.92. The van der Waals surface area contributed by atoms with Gasteiger partial charge in [0.05, 0.1) is 6.20 Å². The first-order valence-electron chi connectivity index (χ1n) is 5.27. The minimum Gasteiger partial charge on any atom is -0.396 e. The van der Waals surface area contributed by atoms with Crippen LogP contribution >= 0.6 is 0 Å². The van der Waals surface area contributed by atoms with Gasteiger partial charge in [-0.25, -0.2) is 4.98 Å². The highest BCUT2D eigenvalue weighted by atomic mass is 28.3. The Morgan fingerprint density at radius 3 is 2.73 bits per heavy atom. The maximum absolute atomic E-state index is 8.68. The quantitative estimate of drug-likeness (QED) is 0.678. The lowest BCUT2D eigenvalue weighted by Crippen LogP contribution is -2.43. The van der Waals surface area contributed by atoms with Gasteiger partial charge in [-0.05, 0) is 24.6 Å². The number of anilines is 1. The smallest absolute Gasteiger partial charge is 0.150 e. The van der Waals surface area contributed by atoms with Crippen molar-refractivity contribution >= 4 is 13.9 Å². The molecule has 0 atom stereocenters. The largest absolute Gasteiger partial charge is 0.396 e. The molecule has 0 bridgehead atoms. The Bertz CT molecular complexity index is 391. The van der Waals surface area contributed by atoms with Crippen molar-refractivity contribution < 1.29 is 0 Å². The maximum atomic E-state index is 8.68. The van der Waals surface area contributed by atoms with E-state index >= 15 is 0 Å². The van der Waals surface area contributed by atoms with Crippen LogP contribution < -0.4 is 4.57 Å². The van der Waals surface area contributed by atoms with Crippen molar-refractivity contribution in [1.82, 2.24) is 4.98 Å². The monoisotopic (exact) mass is 217 g/mol. The Kier molecular flexibility index (Phi) is 2.49. The van der Waals surface area contributed by atoms with E-state index in [1.54, 1.807) is 6.07 Å². The Labute approximate surface area is 91.4 Å². The van der Waals surface area contributed by atoms with E-state index in [1.807, 2.05) is 18.3 Å². The molecule has 0 unspecified atom stereocenters. The molecule has 1 saturated heterocycles. The molecule has 0 amide bonds. The highest BCUT2D eigenvalue weighted by Gasteiger charge is 2.34. The first-order valence-corrected chi connectivity index (χ1v) is 8.43. The van der Waals surface area contributed by atoms with Crippen molar-refractivity contribution in [2.24, 2.45) is 0 Å². The Hall–Kier alpha value is -1.34. The lowest BCUT2D eigenvalue weighted by Gasteiger charge is -2.31. The average molecular weight is 217 g/mol. The van der Waals surface area contributed by atoms with Crippen LogP contribution in [-0.4, -0.2) is 19.8 Å². The van der Waals surface area contributed by atoms with Crippen molar-refractivity contribution in [3.8, 4) is 6.07 Å². The number of nitriles is 1. The molecule has 0 aliphatic carbocycles. The van der Waals surface area contributed by atoms with Crippen LogP contribution in [0.25, 0.3) is 0 Å². The summed E-state index contributed by atoms with van der Waals surface area (Å²) in [6.07, 6.45) is 3.12. The molecule has 15 heavy (non-hydrogen) atoms. The molecule has 1 aliphatic rings. The minimum absolute atomic E-state index is 0.498. The van der Waals surface area contributed by atoms with Crippen LogP contribution in [-0.2, 0) is 0 Å². The second-order valence-electron chi connectivity index (χ2n) is 4.58. The lowest BCUT2D eigenvalue weighted by atomic mass is 10.3. The highest BCUT2D eigenvalue weighted by molar-refractivity contribution is 6.81. The molecule has 2 heterocycles. The lowest BCUT2D eigenvalue weighted by molar-refractivity contribution is 0.978. The molecule has 0 saturated carbocycles. The number of hydrogen-bond donors (Lipinski definition) is 0. The maximum Gasteiger partial charge on any atom is 0.150 e. The van der Waals surface area contributed by atoms with E-state index in [1.165, 1.54) is 18.2 Å². The molecule has 0 aromatic carbocycles. The molecule has 0 spiro atoms. The summed E-state index contributed by atoms with van der Waals surface area (Å²) >= 11 is 0. The normalized spacial score (nSPS) is 18.9. The molecule has 0 radical (unpaired) electrons. The molecule has 1 aromatic heterocycles. The third kappa shape index (κ3) is 1.88.